The number of rotatable bonds is 6. The van der Waals surface area contributed by atoms with E-state index < -0.39 is 10.5 Å². The third-order valence-electron chi connectivity index (χ3n) is 4.54. The molecule has 1 aromatic heterocycles. The van der Waals surface area contributed by atoms with Gasteiger partial charge in [0.1, 0.15) is 6.20 Å². The second-order valence-electron chi connectivity index (χ2n) is 6.99. The SMILES string of the molecule is CC(O)(CN1CCN(c2ccc(Cl)cc2)CC1)Cn1cc([N+](=O)[O-])nc1Cl. The lowest BCUT2D eigenvalue weighted by Gasteiger charge is -2.39. The van der Waals surface area contributed by atoms with Gasteiger partial charge in [-0.15, -0.1) is 0 Å². The predicted molar refractivity (Wildman–Crippen MR) is 105 cm³/mol. The van der Waals surface area contributed by atoms with E-state index in [1.54, 1.807) is 6.92 Å². The van der Waals surface area contributed by atoms with E-state index in [0.29, 0.717) is 11.6 Å². The van der Waals surface area contributed by atoms with Crippen molar-refractivity contribution in [2.45, 2.75) is 19.1 Å². The zero-order chi connectivity index (χ0) is 19.6. The molecule has 2 aromatic rings. The number of aromatic nitrogens is 2. The number of β-amino-alcohol motifs (C(OH)–C–C–N with tert-alkyl or cyclic N) is 1. The van der Waals surface area contributed by atoms with E-state index in [1.165, 1.54) is 10.8 Å². The van der Waals surface area contributed by atoms with E-state index in [4.69, 9.17) is 23.2 Å². The summed E-state index contributed by atoms with van der Waals surface area (Å²) in [5.74, 6) is -0.327. The molecule has 3 rings (SSSR count). The second-order valence-corrected chi connectivity index (χ2v) is 7.76. The third-order valence-corrected chi connectivity index (χ3v) is 5.10. The van der Waals surface area contributed by atoms with Gasteiger partial charge in [-0.3, -0.25) is 9.47 Å². The van der Waals surface area contributed by atoms with Gasteiger partial charge in [0.05, 0.1) is 12.1 Å². The number of hydrogen-bond donors (Lipinski definition) is 1. The number of hydrogen-bond acceptors (Lipinski definition) is 6. The molecule has 2 heterocycles. The number of aliphatic hydroxyl groups is 1. The van der Waals surface area contributed by atoms with Crippen molar-refractivity contribution in [3.63, 3.8) is 0 Å². The Bertz CT molecular complexity index is 801. The summed E-state index contributed by atoms with van der Waals surface area (Å²) in [6.45, 7) is 5.55. The highest BCUT2D eigenvalue weighted by atomic mass is 35.5. The summed E-state index contributed by atoms with van der Waals surface area (Å²) in [5.41, 5.74) is 0.0315. The maximum absolute atomic E-state index is 10.8. The van der Waals surface area contributed by atoms with Crippen LogP contribution >= 0.6 is 23.2 Å². The van der Waals surface area contributed by atoms with Gasteiger partial charge in [-0.2, -0.15) is 0 Å². The molecule has 0 bridgehead atoms. The van der Waals surface area contributed by atoms with Crippen molar-refractivity contribution in [2.75, 3.05) is 37.6 Å². The molecule has 0 amide bonds. The van der Waals surface area contributed by atoms with Crippen LogP contribution in [0.15, 0.2) is 30.5 Å². The van der Waals surface area contributed by atoms with Crippen LogP contribution in [0.4, 0.5) is 11.5 Å². The number of anilines is 1. The molecule has 8 nitrogen and oxygen atoms in total. The van der Waals surface area contributed by atoms with Gasteiger partial charge in [0.2, 0.25) is 0 Å². The molecule has 0 spiro atoms. The van der Waals surface area contributed by atoms with Crippen LogP contribution in [0.2, 0.25) is 10.3 Å². The summed E-state index contributed by atoms with van der Waals surface area (Å²) in [7, 11) is 0. The second kappa shape index (κ2) is 8.02. The Kier molecular flexibility index (Phi) is 5.90. The Morgan fingerprint density at radius 3 is 2.37 bits per heavy atom. The molecule has 1 aliphatic rings. The van der Waals surface area contributed by atoms with E-state index in [-0.39, 0.29) is 17.6 Å². The van der Waals surface area contributed by atoms with Crippen LogP contribution in [0.5, 0.6) is 0 Å². The van der Waals surface area contributed by atoms with E-state index in [9.17, 15) is 15.2 Å². The smallest absolute Gasteiger partial charge is 0.383 e. The molecular formula is C17H21Cl2N5O3. The van der Waals surface area contributed by atoms with Crippen molar-refractivity contribution in [3.8, 4) is 0 Å². The van der Waals surface area contributed by atoms with E-state index in [2.05, 4.69) is 14.8 Å². The maximum atomic E-state index is 10.8. The molecule has 0 saturated carbocycles. The Morgan fingerprint density at radius 1 is 1.19 bits per heavy atom. The molecule has 27 heavy (non-hydrogen) atoms. The van der Waals surface area contributed by atoms with Crippen molar-refractivity contribution < 1.29 is 10.0 Å². The molecule has 1 N–H and O–H groups in total. The molecule has 1 aromatic carbocycles. The van der Waals surface area contributed by atoms with Crippen LogP contribution < -0.4 is 4.90 Å². The fraction of sp³-hybridized carbons (Fsp3) is 0.471. The molecule has 1 atom stereocenters. The van der Waals surface area contributed by atoms with Crippen molar-refractivity contribution in [2.24, 2.45) is 0 Å². The molecule has 1 unspecified atom stereocenters. The number of benzene rings is 1. The van der Waals surface area contributed by atoms with Crippen molar-refractivity contribution in [1.29, 1.82) is 0 Å². The first kappa shape index (κ1) is 19.9. The monoisotopic (exact) mass is 413 g/mol. The Hall–Kier alpha value is -1.87. The van der Waals surface area contributed by atoms with Crippen LogP contribution in [0.3, 0.4) is 0 Å². The zero-order valence-electron chi connectivity index (χ0n) is 14.9. The highest BCUT2D eigenvalue weighted by molar-refractivity contribution is 6.30. The number of nitro groups is 1. The van der Waals surface area contributed by atoms with E-state index in [1.807, 2.05) is 24.3 Å². The minimum atomic E-state index is -1.10. The van der Waals surface area contributed by atoms with Gasteiger partial charge in [-0.25, -0.2) is 0 Å². The maximum Gasteiger partial charge on any atom is 0.383 e. The Morgan fingerprint density at radius 2 is 1.81 bits per heavy atom. The number of piperazine rings is 1. The van der Waals surface area contributed by atoms with Gasteiger partial charge in [0.25, 0.3) is 0 Å². The van der Waals surface area contributed by atoms with Gasteiger partial charge < -0.3 is 20.1 Å². The highest BCUT2D eigenvalue weighted by Gasteiger charge is 2.29. The first-order chi connectivity index (χ1) is 12.7. The van der Waals surface area contributed by atoms with Gasteiger partial charge in [0, 0.05) is 43.4 Å². The topological polar surface area (TPSA) is 87.7 Å². The van der Waals surface area contributed by atoms with Gasteiger partial charge in [0.15, 0.2) is 0 Å². The lowest BCUT2D eigenvalue weighted by atomic mass is 10.1. The van der Waals surface area contributed by atoms with E-state index in [0.717, 1.165) is 31.9 Å². The minimum Gasteiger partial charge on any atom is -0.387 e. The molecular weight excluding hydrogens is 393 g/mol. The first-order valence-electron chi connectivity index (χ1n) is 8.56. The van der Waals surface area contributed by atoms with Crippen LogP contribution in [-0.2, 0) is 6.54 Å². The lowest BCUT2D eigenvalue weighted by Crippen LogP contribution is -2.52. The van der Waals surface area contributed by atoms with E-state index >= 15 is 0 Å². The summed E-state index contributed by atoms with van der Waals surface area (Å²) in [4.78, 5) is 18.3. The fourth-order valence-corrected chi connectivity index (χ4v) is 3.62. The van der Waals surface area contributed by atoms with Crippen molar-refractivity contribution in [3.05, 3.63) is 50.9 Å². The van der Waals surface area contributed by atoms with Crippen LogP contribution in [0.25, 0.3) is 0 Å². The number of imidazole rings is 1. The first-order valence-corrected chi connectivity index (χ1v) is 9.31. The summed E-state index contributed by atoms with van der Waals surface area (Å²) in [5, 5.41) is 22.3. The van der Waals surface area contributed by atoms with Crippen LogP contribution in [0, 0.1) is 10.1 Å². The fourth-order valence-electron chi connectivity index (χ4n) is 3.29. The molecule has 1 aliphatic heterocycles. The standard InChI is InChI=1S/C17H21Cl2N5O3/c1-17(25,12-23-10-15(24(26)27)20-16(23)19)11-21-6-8-22(9-7-21)14-4-2-13(18)3-5-14/h2-5,10,25H,6-9,11-12H2,1H3. The van der Waals surface area contributed by atoms with Gasteiger partial charge in [-0.1, -0.05) is 11.6 Å². The predicted octanol–water partition coefficient (Wildman–Crippen LogP) is 2.67. The molecule has 1 fully saturated rings. The number of halogens is 2. The summed E-state index contributed by atoms with van der Waals surface area (Å²) in [6.07, 6.45) is 1.25. The highest BCUT2D eigenvalue weighted by Crippen LogP contribution is 2.22. The van der Waals surface area contributed by atoms with Crippen molar-refractivity contribution in [1.82, 2.24) is 14.5 Å². The quantitative estimate of drug-likeness (QED) is 0.578. The summed E-state index contributed by atoms with van der Waals surface area (Å²) < 4.78 is 1.41. The molecule has 0 aliphatic carbocycles. The zero-order valence-corrected chi connectivity index (χ0v) is 16.4. The van der Waals surface area contributed by atoms with Gasteiger partial charge >= 0.3 is 11.1 Å². The normalized spacial score (nSPS) is 17.7. The summed E-state index contributed by atoms with van der Waals surface area (Å²) in [6, 6.07) is 7.76. The van der Waals surface area contributed by atoms with Crippen LogP contribution in [0.1, 0.15) is 6.92 Å². The minimum absolute atomic E-state index is 0.00506. The average Bonchev–Trinajstić information content (AvgIpc) is 2.96. The number of nitrogens with zero attached hydrogens (tertiary/aromatic N) is 5. The Labute approximate surface area is 167 Å². The third kappa shape index (κ3) is 5.10. The molecule has 146 valence electrons. The lowest BCUT2D eigenvalue weighted by molar-refractivity contribution is -0.389. The Balaban J connectivity index is 1.56. The average molecular weight is 414 g/mol. The largest absolute Gasteiger partial charge is 0.387 e. The van der Waals surface area contributed by atoms with Crippen molar-refractivity contribution >= 4 is 34.7 Å². The summed E-state index contributed by atoms with van der Waals surface area (Å²) >= 11 is 11.9. The molecule has 1 saturated heterocycles. The molecule has 10 heteroatoms. The van der Waals surface area contributed by atoms with Gasteiger partial charge in [-0.05, 0) is 52.7 Å². The molecule has 0 radical (unpaired) electrons. The van der Waals surface area contributed by atoms with Crippen LogP contribution in [-0.4, -0.2) is 62.8 Å².